The van der Waals surface area contributed by atoms with E-state index in [0.717, 1.165) is 0 Å². The zero-order chi connectivity index (χ0) is 15.6. The molecule has 2 rings (SSSR count). The van der Waals surface area contributed by atoms with Crippen molar-refractivity contribution in [3.8, 4) is 0 Å². The Hall–Kier alpha value is -1.14. The van der Waals surface area contributed by atoms with Crippen molar-refractivity contribution in [1.82, 2.24) is 9.71 Å². The lowest BCUT2D eigenvalue weighted by molar-refractivity contribution is 0.580. The van der Waals surface area contributed by atoms with Gasteiger partial charge in [-0.05, 0) is 43.2 Å². The highest BCUT2D eigenvalue weighted by Crippen LogP contribution is 2.33. The first-order chi connectivity index (χ1) is 9.83. The summed E-state index contributed by atoms with van der Waals surface area (Å²) in [5.41, 5.74) is 1.67. The third-order valence-electron chi connectivity index (χ3n) is 3.03. The fourth-order valence-electron chi connectivity index (χ4n) is 1.88. The van der Waals surface area contributed by atoms with Gasteiger partial charge in [-0.25, -0.2) is 13.1 Å². The van der Waals surface area contributed by atoms with Crippen LogP contribution in [0.4, 0.5) is 0 Å². The largest absolute Gasteiger partial charge is 0.260 e. The van der Waals surface area contributed by atoms with E-state index in [4.69, 9.17) is 23.2 Å². The topological polar surface area (TPSA) is 59.1 Å². The van der Waals surface area contributed by atoms with E-state index in [9.17, 15) is 8.42 Å². The minimum atomic E-state index is -3.77. The summed E-state index contributed by atoms with van der Waals surface area (Å²) in [5, 5.41) is 0.556. The molecular weight excluding hydrogens is 331 g/mol. The van der Waals surface area contributed by atoms with E-state index >= 15 is 0 Å². The van der Waals surface area contributed by atoms with Gasteiger partial charge in [0.2, 0.25) is 10.0 Å². The second-order valence-corrected chi connectivity index (χ2v) is 7.08. The van der Waals surface area contributed by atoms with Crippen LogP contribution in [0.5, 0.6) is 0 Å². The number of halogens is 2. The average Bonchev–Trinajstić information content (AvgIpc) is 2.44. The number of nitrogens with zero attached hydrogens (tertiary/aromatic N) is 1. The first-order valence-corrected chi connectivity index (χ1v) is 8.41. The van der Waals surface area contributed by atoms with Gasteiger partial charge in [0.1, 0.15) is 4.90 Å². The molecule has 0 aliphatic carbocycles. The highest BCUT2D eigenvalue weighted by molar-refractivity contribution is 7.89. The Balaban J connectivity index is 2.37. The molecule has 1 aromatic heterocycles. The summed E-state index contributed by atoms with van der Waals surface area (Å²) < 4.78 is 27.4. The molecule has 1 heterocycles. The first kappa shape index (κ1) is 16.2. The molecule has 2 aromatic rings. The maximum absolute atomic E-state index is 12.5. The molecule has 7 heteroatoms. The molecule has 0 aliphatic heterocycles. The Morgan fingerprint density at radius 1 is 1.24 bits per heavy atom. The van der Waals surface area contributed by atoms with Crippen molar-refractivity contribution in [3.05, 3.63) is 57.3 Å². The van der Waals surface area contributed by atoms with Gasteiger partial charge < -0.3 is 0 Å². The maximum atomic E-state index is 12.5. The zero-order valence-corrected chi connectivity index (χ0v) is 13.9. The van der Waals surface area contributed by atoms with E-state index in [-0.39, 0.29) is 16.5 Å². The van der Waals surface area contributed by atoms with Crippen LogP contribution in [0.2, 0.25) is 10.0 Å². The summed E-state index contributed by atoms with van der Waals surface area (Å²) in [6.45, 7) is 3.43. The molecule has 0 radical (unpaired) electrons. The van der Waals surface area contributed by atoms with Gasteiger partial charge in [0.05, 0.1) is 17.3 Å². The van der Waals surface area contributed by atoms with Crippen molar-refractivity contribution in [1.29, 1.82) is 0 Å². The van der Waals surface area contributed by atoms with Crippen LogP contribution >= 0.6 is 23.2 Å². The van der Waals surface area contributed by atoms with Crippen molar-refractivity contribution in [2.75, 3.05) is 0 Å². The second kappa shape index (κ2) is 6.32. The van der Waals surface area contributed by atoms with Crippen LogP contribution in [0.3, 0.4) is 0 Å². The third kappa shape index (κ3) is 3.55. The minimum Gasteiger partial charge on any atom is -0.260 e. The molecule has 0 bridgehead atoms. The molecule has 0 fully saturated rings. The number of pyridine rings is 1. The monoisotopic (exact) mass is 344 g/mol. The molecular formula is C14H14Cl2N2O2S. The Morgan fingerprint density at radius 2 is 1.95 bits per heavy atom. The average molecular weight is 345 g/mol. The summed E-state index contributed by atoms with van der Waals surface area (Å²) in [4.78, 5) is 4.09. The van der Waals surface area contributed by atoms with Crippen molar-refractivity contribution in [3.63, 3.8) is 0 Å². The van der Waals surface area contributed by atoms with Gasteiger partial charge in [-0.3, -0.25) is 4.98 Å². The summed E-state index contributed by atoms with van der Waals surface area (Å²) >= 11 is 12.2. The maximum Gasteiger partial charge on any atom is 0.242 e. The zero-order valence-electron chi connectivity index (χ0n) is 11.5. The van der Waals surface area contributed by atoms with Crippen molar-refractivity contribution < 1.29 is 8.42 Å². The van der Waals surface area contributed by atoms with Gasteiger partial charge >= 0.3 is 0 Å². The van der Waals surface area contributed by atoms with E-state index in [1.807, 2.05) is 0 Å². The highest BCUT2D eigenvalue weighted by atomic mass is 35.5. The van der Waals surface area contributed by atoms with E-state index in [1.165, 1.54) is 0 Å². The number of aromatic nitrogens is 1. The summed E-state index contributed by atoms with van der Waals surface area (Å²) in [5.74, 6) is 0. The molecule has 0 unspecified atom stereocenters. The molecule has 1 aromatic carbocycles. The van der Waals surface area contributed by atoms with Crippen LogP contribution in [0, 0.1) is 13.8 Å². The molecule has 1 N–H and O–H groups in total. The van der Waals surface area contributed by atoms with Gasteiger partial charge in [0, 0.05) is 11.2 Å². The predicted octanol–water partition coefficient (Wildman–Crippen LogP) is 3.48. The molecule has 0 saturated carbocycles. The number of nitrogens with one attached hydrogen (secondary N) is 1. The minimum absolute atomic E-state index is 0.0186. The summed E-state index contributed by atoms with van der Waals surface area (Å²) in [6, 6.07) is 6.94. The SMILES string of the molecule is Cc1cc(Cl)c(C)c(S(=O)(=O)NCc2ccccn2)c1Cl. The van der Waals surface area contributed by atoms with Crippen molar-refractivity contribution in [2.24, 2.45) is 0 Å². The molecule has 0 aliphatic rings. The number of rotatable bonds is 4. The number of sulfonamides is 1. The van der Waals surface area contributed by atoms with Crippen LogP contribution in [-0.2, 0) is 16.6 Å². The molecule has 0 saturated heterocycles. The van der Waals surface area contributed by atoms with Crippen LogP contribution in [-0.4, -0.2) is 13.4 Å². The van der Waals surface area contributed by atoms with Gasteiger partial charge in [-0.1, -0.05) is 29.3 Å². The van der Waals surface area contributed by atoms with Gasteiger partial charge in [-0.2, -0.15) is 0 Å². The van der Waals surface area contributed by atoms with Crippen molar-refractivity contribution in [2.45, 2.75) is 25.3 Å². The van der Waals surface area contributed by atoms with Gasteiger partial charge in [-0.15, -0.1) is 0 Å². The van der Waals surface area contributed by atoms with Crippen molar-refractivity contribution >= 4 is 33.2 Å². The summed E-state index contributed by atoms with van der Waals surface area (Å²) in [6.07, 6.45) is 1.60. The fraction of sp³-hybridized carbons (Fsp3) is 0.214. The lowest BCUT2D eigenvalue weighted by Crippen LogP contribution is -2.25. The number of hydrogen-bond acceptors (Lipinski definition) is 3. The van der Waals surface area contributed by atoms with Gasteiger partial charge in [0.15, 0.2) is 0 Å². The number of hydrogen-bond donors (Lipinski definition) is 1. The molecule has 0 amide bonds. The quantitative estimate of drug-likeness (QED) is 0.923. The molecule has 0 spiro atoms. The lowest BCUT2D eigenvalue weighted by Gasteiger charge is -2.14. The van der Waals surface area contributed by atoms with Crippen LogP contribution in [0.25, 0.3) is 0 Å². The van der Waals surface area contributed by atoms with E-state index in [1.54, 1.807) is 44.3 Å². The smallest absolute Gasteiger partial charge is 0.242 e. The Morgan fingerprint density at radius 3 is 2.57 bits per heavy atom. The van der Waals surface area contributed by atoms with E-state index < -0.39 is 10.0 Å². The summed E-state index contributed by atoms with van der Waals surface area (Å²) in [7, 11) is -3.77. The Bertz CT molecular complexity index is 736. The third-order valence-corrected chi connectivity index (χ3v) is 5.59. The molecule has 4 nitrogen and oxygen atoms in total. The Kier molecular flexibility index (Phi) is 4.88. The highest BCUT2D eigenvalue weighted by Gasteiger charge is 2.23. The normalized spacial score (nSPS) is 11.6. The molecule has 0 atom stereocenters. The predicted molar refractivity (Wildman–Crippen MR) is 84.2 cm³/mol. The molecule has 112 valence electrons. The van der Waals surface area contributed by atoms with Gasteiger partial charge in [0.25, 0.3) is 0 Å². The van der Waals surface area contributed by atoms with Crippen LogP contribution in [0.15, 0.2) is 35.4 Å². The number of benzene rings is 1. The van der Waals surface area contributed by atoms with Crippen LogP contribution in [0.1, 0.15) is 16.8 Å². The second-order valence-electron chi connectivity index (χ2n) is 4.59. The standard InChI is InChI=1S/C14H14Cl2N2O2S/c1-9-7-12(15)10(2)14(13(9)16)21(19,20)18-8-11-5-3-4-6-17-11/h3-7,18H,8H2,1-2H3. The fourth-order valence-corrected chi connectivity index (χ4v) is 4.08. The molecule has 21 heavy (non-hydrogen) atoms. The van der Waals surface area contributed by atoms with E-state index in [0.29, 0.717) is 21.8 Å². The number of aryl methyl sites for hydroxylation is 1. The van der Waals surface area contributed by atoms with Crippen LogP contribution < -0.4 is 4.72 Å². The Labute approximate surface area is 134 Å². The van der Waals surface area contributed by atoms with E-state index in [2.05, 4.69) is 9.71 Å². The lowest BCUT2D eigenvalue weighted by atomic mass is 10.2. The first-order valence-electron chi connectivity index (χ1n) is 6.17.